The van der Waals surface area contributed by atoms with E-state index in [0.717, 1.165) is 10.2 Å². The van der Waals surface area contributed by atoms with Gasteiger partial charge < -0.3 is 10.2 Å². The van der Waals surface area contributed by atoms with Gasteiger partial charge in [-0.1, -0.05) is 28.9 Å². The number of hydrogen-bond acceptors (Lipinski definition) is 2. The highest BCUT2D eigenvalue weighted by molar-refractivity contribution is 9.10. The lowest BCUT2D eigenvalue weighted by molar-refractivity contribution is 0.397. The van der Waals surface area contributed by atoms with Gasteiger partial charge >= 0.3 is 0 Å². The summed E-state index contributed by atoms with van der Waals surface area (Å²) >= 11 is 3.40. The molecule has 0 aliphatic carbocycles. The van der Waals surface area contributed by atoms with E-state index in [-0.39, 0.29) is 5.82 Å². The van der Waals surface area contributed by atoms with Crippen LogP contribution in [0.5, 0.6) is 0 Å². The summed E-state index contributed by atoms with van der Waals surface area (Å²) in [6, 6.07) is 8.66. The Kier molecular flexibility index (Phi) is 3.88. The Morgan fingerprint density at radius 2 is 2.11 bits per heavy atom. The predicted molar refractivity (Wildman–Crippen MR) is 72.9 cm³/mol. The molecule has 0 aliphatic heterocycles. The summed E-state index contributed by atoms with van der Waals surface area (Å²) in [6.07, 6.45) is 2.18. The maximum Gasteiger partial charge on any atom is 0.128 e. The lowest BCUT2D eigenvalue weighted by atomic mass is 9.78. The van der Waals surface area contributed by atoms with E-state index in [4.69, 9.17) is 10.2 Å². The second-order valence-electron chi connectivity index (χ2n) is 4.62. The highest BCUT2D eigenvalue weighted by Gasteiger charge is 2.31. The number of nitrogens with two attached hydrogens (primary N) is 1. The molecular weight excluding hydrogens is 297 g/mol. The highest BCUT2D eigenvalue weighted by Crippen LogP contribution is 2.34. The van der Waals surface area contributed by atoms with Gasteiger partial charge in [-0.05, 0) is 24.3 Å². The van der Waals surface area contributed by atoms with Crippen molar-refractivity contribution in [3.8, 4) is 0 Å². The van der Waals surface area contributed by atoms with Crippen LogP contribution in [0.15, 0.2) is 45.5 Å². The standard InChI is InChI=1S/C14H15BrFNO/c1-14(9-17,8-10-4-3-7-18-10)13-11(15)5-2-6-12(13)16/h2-7H,8-9,17H2,1H3. The monoisotopic (exact) mass is 311 g/mol. The molecule has 1 atom stereocenters. The van der Waals surface area contributed by atoms with Crippen molar-refractivity contribution in [3.63, 3.8) is 0 Å². The molecule has 0 spiro atoms. The van der Waals surface area contributed by atoms with E-state index >= 15 is 0 Å². The van der Waals surface area contributed by atoms with Gasteiger partial charge in [0.1, 0.15) is 11.6 Å². The van der Waals surface area contributed by atoms with Crippen LogP contribution in [-0.4, -0.2) is 6.54 Å². The van der Waals surface area contributed by atoms with Crippen LogP contribution in [-0.2, 0) is 11.8 Å². The van der Waals surface area contributed by atoms with Crippen LogP contribution in [0.3, 0.4) is 0 Å². The number of halogens is 2. The summed E-state index contributed by atoms with van der Waals surface area (Å²) in [5, 5.41) is 0. The van der Waals surface area contributed by atoms with Crippen LogP contribution < -0.4 is 5.73 Å². The van der Waals surface area contributed by atoms with Crippen LogP contribution in [0.4, 0.5) is 4.39 Å². The molecule has 1 aromatic heterocycles. The minimum Gasteiger partial charge on any atom is -0.469 e. The van der Waals surface area contributed by atoms with E-state index < -0.39 is 5.41 Å². The highest BCUT2D eigenvalue weighted by atomic mass is 79.9. The SMILES string of the molecule is CC(CN)(Cc1ccco1)c1c(F)cccc1Br. The summed E-state index contributed by atoms with van der Waals surface area (Å²) in [5.41, 5.74) is 5.97. The zero-order valence-corrected chi connectivity index (χ0v) is 11.7. The van der Waals surface area contributed by atoms with Crippen molar-refractivity contribution in [2.24, 2.45) is 5.73 Å². The van der Waals surface area contributed by atoms with Gasteiger partial charge in [-0.3, -0.25) is 0 Å². The summed E-state index contributed by atoms with van der Waals surface area (Å²) in [4.78, 5) is 0. The molecule has 96 valence electrons. The second-order valence-corrected chi connectivity index (χ2v) is 5.47. The van der Waals surface area contributed by atoms with Gasteiger partial charge in [0.05, 0.1) is 6.26 Å². The number of benzene rings is 1. The smallest absolute Gasteiger partial charge is 0.128 e. The largest absolute Gasteiger partial charge is 0.469 e. The first kappa shape index (κ1) is 13.3. The van der Waals surface area contributed by atoms with E-state index in [1.807, 2.05) is 25.1 Å². The molecule has 18 heavy (non-hydrogen) atoms. The van der Waals surface area contributed by atoms with E-state index in [0.29, 0.717) is 18.5 Å². The Bertz CT molecular complexity index is 506. The zero-order valence-electron chi connectivity index (χ0n) is 10.1. The Balaban J connectivity index is 2.43. The first-order valence-corrected chi connectivity index (χ1v) is 6.53. The molecule has 4 heteroatoms. The molecule has 2 aromatic rings. The quantitative estimate of drug-likeness (QED) is 0.936. The van der Waals surface area contributed by atoms with Crippen molar-refractivity contribution in [2.75, 3.05) is 6.54 Å². The topological polar surface area (TPSA) is 39.2 Å². The average molecular weight is 312 g/mol. The van der Waals surface area contributed by atoms with E-state index in [1.165, 1.54) is 6.07 Å². The van der Waals surface area contributed by atoms with Gasteiger partial charge in [-0.15, -0.1) is 0 Å². The number of hydrogen-bond donors (Lipinski definition) is 1. The van der Waals surface area contributed by atoms with Crippen molar-refractivity contribution >= 4 is 15.9 Å². The summed E-state index contributed by atoms with van der Waals surface area (Å²) in [7, 11) is 0. The van der Waals surface area contributed by atoms with Crippen molar-refractivity contribution in [1.29, 1.82) is 0 Å². The molecule has 0 saturated carbocycles. The Labute approximate surface area is 114 Å². The fraction of sp³-hybridized carbons (Fsp3) is 0.286. The molecule has 0 fully saturated rings. The third-order valence-electron chi connectivity index (χ3n) is 3.16. The fourth-order valence-electron chi connectivity index (χ4n) is 2.13. The predicted octanol–water partition coefficient (Wildman–Crippen LogP) is 3.64. The lowest BCUT2D eigenvalue weighted by Crippen LogP contribution is -2.35. The first-order chi connectivity index (χ1) is 8.57. The third-order valence-corrected chi connectivity index (χ3v) is 3.82. The molecule has 2 rings (SSSR count). The van der Waals surface area contributed by atoms with Gasteiger partial charge in [0.25, 0.3) is 0 Å². The van der Waals surface area contributed by atoms with Crippen molar-refractivity contribution in [2.45, 2.75) is 18.8 Å². The lowest BCUT2D eigenvalue weighted by Gasteiger charge is -2.29. The van der Waals surface area contributed by atoms with Crippen LogP contribution in [0.2, 0.25) is 0 Å². The number of furan rings is 1. The average Bonchev–Trinajstić information content (AvgIpc) is 2.81. The normalized spacial score (nSPS) is 14.4. The maximum atomic E-state index is 14.0. The Hall–Kier alpha value is -1.13. The van der Waals surface area contributed by atoms with Crippen molar-refractivity contribution < 1.29 is 8.81 Å². The summed E-state index contributed by atoms with van der Waals surface area (Å²) in [5.74, 6) is 0.557. The van der Waals surface area contributed by atoms with E-state index in [2.05, 4.69) is 15.9 Å². The molecular formula is C14H15BrFNO. The molecule has 1 heterocycles. The molecule has 0 bridgehead atoms. The molecule has 2 N–H and O–H groups in total. The second kappa shape index (κ2) is 5.24. The molecule has 0 amide bonds. The fourth-order valence-corrected chi connectivity index (χ4v) is 2.96. The Morgan fingerprint density at radius 1 is 1.33 bits per heavy atom. The molecule has 1 aromatic carbocycles. The summed E-state index contributed by atoms with van der Waals surface area (Å²) in [6.45, 7) is 2.28. The van der Waals surface area contributed by atoms with Crippen LogP contribution in [0.25, 0.3) is 0 Å². The van der Waals surface area contributed by atoms with E-state index in [9.17, 15) is 4.39 Å². The van der Waals surface area contributed by atoms with Crippen LogP contribution >= 0.6 is 15.9 Å². The van der Waals surface area contributed by atoms with Gasteiger partial charge in [-0.2, -0.15) is 0 Å². The zero-order chi connectivity index (χ0) is 13.2. The third kappa shape index (κ3) is 2.49. The van der Waals surface area contributed by atoms with Crippen LogP contribution in [0, 0.1) is 5.82 Å². The van der Waals surface area contributed by atoms with Crippen molar-refractivity contribution in [1.82, 2.24) is 0 Å². The van der Waals surface area contributed by atoms with Crippen LogP contribution in [0.1, 0.15) is 18.2 Å². The molecule has 0 radical (unpaired) electrons. The molecule has 0 saturated heterocycles. The molecule has 2 nitrogen and oxygen atoms in total. The van der Waals surface area contributed by atoms with Gasteiger partial charge in [0.15, 0.2) is 0 Å². The first-order valence-electron chi connectivity index (χ1n) is 5.74. The van der Waals surface area contributed by atoms with Gasteiger partial charge in [-0.25, -0.2) is 4.39 Å². The van der Waals surface area contributed by atoms with Crippen molar-refractivity contribution in [3.05, 3.63) is 58.2 Å². The minimum absolute atomic E-state index is 0.246. The maximum absolute atomic E-state index is 14.0. The molecule has 0 aliphatic rings. The van der Waals surface area contributed by atoms with Gasteiger partial charge in [0, 0.05) is 28.4 Å². The number of rotatable bonds is 4. The molecule has 1 unspecified atom stereocenters. The van der Waals surface area contributed by atoms with E-state index in [1.54, 1.807) is 12.3 Å². The van der Waals surface area contributed by atoms with Gasteiger partial charge in [0.2, 0.25) is 0 Å². The minimum atomic E-state index is -0.498. The Morgan fingerprint density at radius 3 is 2.67 bits per heavy atom. The summed E-state index contributed by atoms with van der Waals surface area (Å²) < 4.78 is 20.1.